The van der Waals surface area contributed by atoms with Gasteiger partial charge in [-0.2, -0.15) is 5.26 Å². The largest absolute Gasteiger partial charge is 0.289 e. The van der Waals surface area contributed by atoms with Crippen LogP contribution in [0.25, 0.3) is 6.08 Å². The van der Waals surface area contributed by atoms with Gasteiger partial charge in [0.05, 0.1) is 11.6 Å². The van der Waals surface area contributed by atoms with Crippen LogP contribution in [0.1, 0.15) is 21.5 Å². The molecule has 2 aromatic carbocycles. The summed E-state index contributed by atoms with van der Waals surface area (Å²) in [5.74, 6) is -0.0977. The van der Waals surface area contributed by atoms with E-state index >= 15 is 0 Å². The molecular weight excluding hydrogens is 258 g/mol. The molecule has 0 amide bonds. The predicted molar refractivity (Wildman–Crippen MR) is 76.0 cm³/mol. The van der Waals surface area contributed by atoms with Crippen LogP contribution in [0.2, 0.25) is 5.02 Å². The summed E-state index contributed by atoms with van der Waals surface area (Å²) in [6.07, 6.45) is 3.24. The summed E-state index contributed by atoms with van der Waals surface area (Å²) in [4.78, 5) is 11.9. The second-order valence-corrected chi connectivity index (χ2v) is 4.37. The van der Waals surface area contributed by atoms with Gasteiger partial charge in [-0.15, -0.1) is 0 Å². The minimum absolute atomic E-state index is 0.0977. The van der Waals surface area contributed by atoms with E-state index in [0.29, 0.717) is 16.1 Å². The molecule has 0 atom stereocenters. The highest BCUT2D eigenvalue weighted by Crippen LogP contribution is 2.11. The Kier molecular flexibility index (Phi) is 4.12. The van der Waals surface area contributed by atoms with E-state index in [1.807, 2.05) is 18.2 Å². The van der Waals surface area contributed by atoms with Crippen LogP contribution in [0, 0.1) is 11.3 Å². The van der Waals surface area contributed by atoms with Gasteiger partial charge >= 0.3 is 0 Å². The third-order valence-corrected chi connectivity index (χ3v) is 2.85. The lowest BCUT2D eigenvalue weighted by molar-refractivity contribution is 0.104. The van der Waals surface area contributed by atoms with Crippen LogP contribution in [0.15, 0.2) is 54.6 Å². The topological polar surface area (TPSA) is 40.9 Å². The minimum Gasteiger partial charge on any atom is -0.289 e. The van der Waals surface area contributed by atoms with Crippen molar-refractivity contribution in [2.75, 3.05) is 0 Å². The summed E-state index contributed by atoms with van der Waals surface area (Å²) in [6, 6.07) is 15.8. The average molecular weight is 268 g/mol. The fourth-order valence-corrected chi connectivity index (χ4v) is 1.68. The molecular formula is C16H10ClNO. The first-order valence-corrected chi connectivity index (χ1v) is 6.05. The predicted octanol–water partition coefficient (Wildman–Crippen LogP) is 4.11. The molecule has 92 valence electrons. The zero-order chi connectivity index (χ0) is 13.7. The number of hydrogen-bond donors (Lipinski definition) is 0. The third kappa shape index (κ3) is 3.54. The highest BCUT2D eigenvalue weighted by Gasteiger charge is 2.01. The third-order valence-electron chi connectivity index (χ3n) is 2.60. The summed E-state index contributed by atoms with van der Waals surface area (Å²) < 4.78 is 0. The quantitative estimate of drug-likeness (QED) is 0.620. The first kappa shape index (κ1) is 13.1. The Bertz CT molecular complexity index is 649. The smallest absolute Gasteiger partial charge is 0.185 e. The minimum atomic E-state index is -0.0977. The Morgan fingerprint density at radius 3 is 2.26 bits per heavy atom. The zero-order valence-electron chi connectivity index (χ0n) is 10.0. The van der Waals surface area contributed by atoms with Gasteiger partial charge in [-0.25, -0.2) is 0 Å². The second-order valence-electron chi connectivity index (χ2n) is 3.94. The Hall–Kier alpha value is -2.37. The molecule has 0 aliphatic heterocycles. The molecule has 0 aliphatic rings. The normalized spacial score (nSPS) is 10.3. The fourth-order valence-electron chi connectivity index (χ4n) is 1.55. The Morgan fingerprint density at radius 2 is 1.68 bits per heavy atom. The van der Waals surface area contributed by atoms with Gasteiger partial charge in [0.2, 0.25) is 0 Å². The standard InChI is InChI=1S/C16H10ClNO/c17-15-8-3-12(4-9-15)5-10-16(19)14-6-1-13(11-18)2-7-14/h1-10H/b10-5+. The van der Waals surface area contributed by atoms with Crippen molar-refractivity contribution in [3.05, 3.63) is 76.3 Å². The van der Waals surface area contributed by atoms with Crippen LogP contribution in [0.3, 0.4) is 0 Å². The van der Waals surface area contributed by atoms with Gasteiger partial charge in [-0.05, 0) is 48.0 Å². The van der Waals surface area contributed by atoms with Crippen molar-refractivity contribution in [1.82, 2.24) is 0 Å². The van der Waals surface area contributed by atoms with Crippen molar-refractivity contribution >= 4 is 23.5 Å². The van der Waals surface area contributed by atoms with Gasteiger partial charge in [-0.3, -0.25) is 4.79 Å². The maximum absolute atomic E-state index is 11.9. The Balaban J connectivity index is 2.12. The molecule has 0 heterocycles. The number of nitriles is 1. The van der Waals surface area contributed by atoms with Crippen molar-refractivity contribution in [1.29, 1.82) is 5.26 Å². The van der Waals surface area contributed by atoms with Gasteiger partial charge in [-0.1, -0.05) is 29.8 Å². The number of carbonyl (C=O) groups is 1. The SMILES string of the molecule is N#Cc1ccc(C(=O)/C=C/c2ccc(Cl)cc2)cc1. The number of benzene rings is 2. The van der Waals surface area contributed by atoms with Crippen LogP contribution < -0.4 is 0 Å². The van der Waals surface area contributed by atoms with Gasteiger partial charge in [0.25, 0.3) is 0 Å². The Morgan fingerprint density at radius 1 is 1.05 bits per heavy atom. The van der Waals surface area contributed by atoms with Crippen molar-refractivity contribution in [3.63, 3.8) is 0 Å². The number of rotatable bonds is 3. The molecule has 0 bridgehead atoms. The van der Waals surface area contributed by atoms with E-state index in [9.17, 15) is 4.79 Å². The number of ketones is 1. The summed E-state index contributed by atoms with van der Waals surface area (Å²) >= 11 is 5.78. The number of allylic oxidation sites excluding steroid dienone is 1. The zero-order valence-corrected chi connectivity index (χ0v) is 10.8. The molecule has 2 rings (SSSR count). The number of hydrogen-bond acceptors (Lipinski definition) is 2. The molecule has 0 N–H and O–H groups in total. The van der Waals surface area contributed by atoms with E-state index in [1.165, 1.54) is 6.08 Å². The average Bonchev–Trinajstić information content (AvgIpc) is 2.46. The molecule has 19 heavy (non-hydrogen) atoms. The van der Waals surface area contributed by atoms with Gasteiger partial charge in [0.15, 0.2) is 5.78 Å². The molecule has 0 fully saturated rings. The summed E-state index contributed by atoms with van der Waals surface area (Å²) in [5.41, 5.74) is 2.01. The van der Waals surface area contributed by atoms with Gasteiger partial charge < -0.3 is 0 Å². The lowest BCUT2D eigenvalue weighted by atomic mass is 10.1. The fraction of sp³-hybridized carbons (Fsp3) is 0. The number of carbonyl (C=O) groups excluding carboxylic acids is 1. The maximum atomic E-state index is 11.9. The maximum Gasteiger partial charge on any atom is 0.185 e. The second kappa shape index (κ2) is 5.99. The van der Waals surface area contributed by atoms with Crippen LogP contribution in [-0.4, -0.2) is 5.78 Å². The van der Waals surface area contributed by atoms with Gasteiger partial charge in [0.1, 0.15) is 0 Å². The molecule has 0 saturated heterocycles. The van der Waals surface area contributed by atoms with Crippen molar-refractivity contribution in [3.8, 4) is 6.07 Å². The molecule has 0 radical (unpaired) electrons. The molecule has 0 saturated carbocycles. The van der Waals surface area contributed by atoms with E-state index in [-0.39, 0.29) is 5.78 Å². The monoisotopic (exact) mass is 267 g/mol. The summed E-state index contributed by atoms with van der Waals surface area (Å²) in [6.45, 7) is 0. The highest BCUT2D eigenvalue weighted by atomic mass is 35.5. The van der Waals surface area contributed by atoms with Crippen molar-refractivity contribution in [2.24, 2.45) is 0 Å². The van der Waals surface area contributed by atoms with Gasteiger partial charge in [0, 0.05) is 10.6 Å². The van der Waals surface area contributed by atoms with Crippen LogP contribution >= 0.6 is 11.6 Å². The lowest BCUT2D eigenvalue weighted by Gasteiger charge is -1.96. The molecule has 2 nitrogen and oxygen atoms in total. The Labute approximate surface area is 116 Å². The van der Waals surface area contributed by atoms with Crippen molar-refractivity contribution < 1.29 is 4.79 Å². The lowest BCUT2D eigenvalue weighted by Crippen LogP contribution is -1.93. The summed E-state index contributed by atoms with van der Waals surface area (Å²) in [5, 5.41) is 9.34. The van der Waals surface area contributed by atoms with E-state index in [1.54, 1.807) is 42.5 Å². The highest BCUT2D eigenvalue weighted by molar-refractivity contribution is 6.30. The van der Waals surface area contributed by atoms with Crippen LogP contribution in [-0.2, 0) is 0 Å². The summed E-state index contributed by atoms with van der Waals surface area (Å²) in [7, 11) is 0. The van der Waals surface area contributed by atoms with E-state index < -0.39 is 0 Å². The first-order valence-electron chi connectivity index (χ1n) is 5.67. The molecule has 0 aliphatic carbocycles. The number of nitrogens with zero attached hydrogens (tertiary/aromatic N) is 1. The van der Waals surface area contributed by atoms with Crippen LogP contribution in [0.5, 0.6) is 0 Å². The molecule has 3 heteroatoms. The molecule has 0 spiro atoms. The van der Waals surface area contributed by atoms with E-state index in [0.717, 1.165) is 5.56 Å². The van der Waals surface area contributed by atoms with Crippen molar-refractivity contribution in [2.45, 2.75) is 0 Å². The van der Waals surface area contributed by atoms with Crippen LogP contribution in [0.4, 0.5) is 0 Å². The van der Waals surface area contributed by atoms with E-state index in [2.05, 4.69) is 0 Å². The molecule has 2 aromatic rings. The van der Waals surface area contributed by atoms with E-state index in [4.69, 9.17) is 16.9 Å². The molecule has 0 aromatic heterocycles. The number of halogens is 1. The first-order chi connectivity index (χ1) is 9.19. The molecule has 0 unspecified atom stereocenters.